The van der Waals surface area contributed by atoms with Crippen LogP contribution in [0.4, 0.5) is 10.5 Å². The van der Waals surface area contributed by atoms with Crippen molar-refractivity contribution in [3.63, 3.8) is 0 Å². The van der Waals surface area contributed by atoms with Gasteiger partial charge in [-0.15, -0.1) is 0 Å². The molecule has 1 aliphatic heterocycles. The van der Waals surface area contributed by atoms with E-state index in [-0.39, 0.29) is 17.9 Å². The second-order valence-corrected chi connectivity index (χ2v) is 7.13. The zero-order valence-corrected chi connectivity index (χ0v) is 17.1. The maximum atomic E-state index is 12.8. The molecule has 4 rings (SSSR count). The van der Waals surface area contributed by atoms with Crippen molar-refractivity contribution in [3.8, 4) is 0 Å². The Balaban J connectivity index is 1.36. The minimum atomic E-state index is -0.348. The van der Waals surface area contributed by atoms with Crippen LogP contribution in [0, 0.1) is 0 Å². The number of rotatable bonds is 4. The monoisotopic (exact) mass is 421 g/mol. The molecule has 1 aromatic heterocycles. The van der Waals surface area contributed by atoms with Crippen molar-refractivity contribution in [1.82, 2.24) is 20.0 Å². The van der Waals surface area contributed by atoms with Crippen LogP contribution in [0.1, 0.15) is 27.8 Å². The zero-order chi connectivity index (χ0) is 21.8. The highest BCUT2D eigenvalue weighted by Gasteiger charge is 2.25. The van der Waals surface area contributed by atoms with E-state index in [1.165, 1.54) is 0 Å². The number of piperazine rings is 1. The Morgan fingerprint density at radius 1 is 1.00 bits per heavy atom. The number of fused-ring (bicyclic) bond motifs is 1. The van der Waals surface area contributed by atoms with Crippen LogP contribution in [0.15, 0.2) is 48.5 Å². The second kappa shape index (κ2) is 8.86. The summed E-state index contributed by atoms with van der Waals surface area (Å²) in [6.07, 6.45) is -0.348. The highest BCUT2D eigenvalue weighted by Crippen LogP contribution is 2.18. The lowest BCUT2D eigenvalue weighted by atomic mass is 10.1. The number of amides is 3. The number of para-hydroxylation sites is 1. The first kappa shape index (κ1) is 20.4. The fourth-order valence-corrected chi connectivity index (χ4v) is 3.51. The summed E-state index contributed by atoms with van der Waals surface area (Å²) in [5.74, 6) is -0.439. The summed E-state index contributed by atoms with van der Waals surface area (Å²) in [7, 11) is 0. The molecule has 2 aromatic carbocycles. The molecule has 160 valence electrons. The Hall–Kier alpha value is -3.88. The number of H-pyrrole nitrogens is 1. The number of aromatic nitrogens is 2. The number of carbonyl (C=O) groups excluding carboxylic acids is 3. The van der Waals surface area contributed by atoms with Crippen LogP contribution in [0.25, 0.3) is 10.9 Å². The van der Waals surface area contributed by atoms with Crippen molar-refractivity contribution in [2.45, 2.75) is 6.92 Å². The van der Waals surface area contributed by atoms with Gasteiger partial charge in [-0.1, -0.05) is 18.2 Å². The van der Waals surface area contributed by atoms with Crippen molar-refractivity contribution in [2.75, 3.05) is 38.1 Å². The second-order valence-electron chi connectivity index (χ2n) is 7.13. The van der Waals surface area contributed by atoms with Crippen LogP contribution >= 0.6 is 0 Å². The molecule has 3 amide bonds. The first-order valence-electron chi connectivity index (χ1n) is 10.1. The Labute approximate surface area is 179 Å². The third-order valence-electron chi connectivity index (χ3n) is 5.17. The van der Waals surface area contributed by atoms with Gasteiger partial charge in [0.25, 0.3) is 11.8 Å². The van der Waals surface area contributed by atoms with Crippen molar-refractivity contribution in [1.29, 1.82) is 0 Å². The number of nitrogens with zero attached hydrogens (tertiary/aromatic N) is 3. The molecule has 0 spiro atoms. The van der Waals surface area contributed by atoms with E-state index in [2.05, 4.69) is 15.5 Å². The lowest BCUT2D eigenvalue weighted by Gasteiger charge is -2.34. The maximum absolute atomic E-state index is 12.8. The molecule has 3 aromatic rings. The van der Waals surface area contributed by atoms with Crippen molar-refractivity contribution in [2.24, 2.45) is 0 Å². The number of anilines is 1. The van der Waals surface area contributed by atoms with Gasteiger partial charge in [-0.05, 0) is 37.3 Å². The van der Waals surface area contributed by atoms with E-state index in [9.17, 15) is 14.4 Å². The zero-order valence-electron chi connectivity index (χ0n) is 17.1. The third-order valence-corrected chi connectivity index (χ3v) is 5.17. The molecule has 2 heterocycles. The minimum absolute atomic E-state index is 0.111. The van der Waals surface area contributed by atoms with Gasteiger partial charge in [0, 0.05) is 42.8 Å². The topological polar surface area (TPSA) is 108 Å². The van der Waals surface area contributed by atoms with Crippen LogP contribution in [0.2, 0.25) is 0 Å². The van der Waals surface area contributed by atoms with E-state index in [0.717, 1.165) is 10.9 Å². The minimum Gasteiger partial charge on any atom is -0.450 e. The summed E-state index contributed by atoms with van der Waals surface area (Å²) < 4.78 is 5.00. The Morgan fingerprint density at radius 2 is 1.68 bits per heavy atom. The Bertz CT molecular complexity index is 1100. The molecule has 0 atom stereocenters. The molecule has 0 aliphatic carbocycles. The summed E-state index contributed by atoms with van der Waals surface area (Å²) in [5, 5.41) is 10.5. The third kappa shape index (κ3) is 4.35. The summed E-state index contributed by atoms with van der Waals surface area (Å²) >= 11 is 0. The molecule has 1 aliphatic rings. The number of aromatic amines is 1. The largest absolute Gasteiger partial charge is 0.450 e. The molecule has 1 fully saturated rings. The number of hydrogen-bond donors (Lipinski definition) is 2. The smallest absolute Gasteiger partial charge is 0.409 e. The van der Waals surface area contributed by atoms with Gasteiger partial charge in [-0.2, -0.15) is 5.10 Å². The van der Waals surface area contributed by atoms with Gasteiger partial charge in [-0.3, -0.25) is 14.7 Å². The summed E-state index contributed by atoms with van der Waals surface area (Å²) in [4.78, 5) is 40.4. The lowest BCUT2D eigenvalue weighted by Crippen LogP contribution is -2.50. The summed E-state index contributed by atoms with van der Waals surface area (Å²) in [6, 6.07) is 14.1. The average molecular weight is 421 g/mol. The highest BCUT2D eigenvalue weighted by molar-refractivity contribution is 6.11. The molecule has 9 nitrogen and oxygen atoms in total. The Kier molecular flexibility index (Phi) is 5.83. The molecule has 0 radical (unpaired) electrons. The van der Waals surface area contributed by atoms with E-state index in [0.29, 0.717) is 49.7 Å². The average Bonchev–Trinajstić information content (AvgIpc) is 3.24. The van der Waals surface area contributed by atoms with E-state index in [1.54, 1.807) is 41.0 Å². The standard InChI is InChI=1S/C22H23N5O4/c1-2-31-22(30)27-13-11-26(12-14-27)21(29)15-7-9-16(10-8-15)23-20(28)19-17-5-3-4-6-18(17)24-25-19/h3-10H,2,11-14H2,1H3,(H,23,28)(H,24,25). The van der Waals surface area contributed by atoms with Gasteiger partial charge < -0.3 is 19.9 Å². The van der Waals surface area contributed by atoms with Gasteiger partial charge in [0.2, 0.25) is 0 Å². The van der Waals surface area contributed by atoms with Gasteiger partial charge in [0.15, 0.2) is 5.69 Å². The van der Waals surface area contributed by atoms with Crippen LogP contribution < -0.4 is 5.32 Å². The maximum Gasteiger partial charge on any atom is 0.409 e. The highest BCUT2D eigenvalue weighted by atomic mass is 16.6. The van der Waals surface area contributed by atoms with Crippen molar-refractivity contribution >= 4 is 34.5 Å². The molecule has 2 N–H and O–H groups in total. The number of ether oxygens (including phenoxy) is 1. The number of carbonyl (C=O) groups is 3. The fourth-order valence-electron chi connectivity index (χ4n) is 3.51. The normalized spacial score (nSPS) is 13.8. The van der Waals surface area contributed by atoms with Gasteiger partial charge in [-0.25, -0.2) is 4.79 Å². The van der Waals surface area contributed by atoms with E-state index in [4.69, 9.17) is 4.74 Å². The van der Waals surface area contributed by atoms with Gasteiger partial charge in [0.05, 0.1) is 12.1 Å². The fraction of sp³-hybridized carbons (Fsp3) is 0.273. The predicted octanol–water partition coefficient (Wildman–Crippen LogP) is 2.73. The van der Waals surface area contributed by atoms with E-state index in [1.807, 2.05) is 24.3 Å². The molecule has 0 saturated carbocycles. The van der Waals surface area contributed by atoms with Crippen molar-refractivity contribution in [3.05, 3.63) is 59.8 Å². The van der Waals surface area contributed by atoms with Crippen molar-refractivity contribution < 1.29 is 19.1 Å². The van der Waals surface area contributed by atoms with Crippen LogP contribution in [-0.2, 0) is 4.74 Å². The molecule has 1 saturated heterocycles. The number of hydrogen-bond acceptors (Lipinski definition) is 5. The van der Waals surface area contributed by atoms with E-state index >= 15 is 0 Å². The first-order chi connectivity index (χ1) is 15.1. The van der Waals surface area contributed by atoms with Gasteiger partial charge in [0.1, 0.15) is 0 Å². The summed E-state index contributed by atoms with van der Waals surface area (Å²) in [5.41, 5.74) is 2.19. The molecule has 9 heteroatoms. The number of nitrogens with one attached hydrogen (secondary N) is 2. The lowest BCUT2D eigenvalue weighted by molar-refractivity contribution is 0.0570. The molecule has 31 heavy (non-hydrogen) atoms. The van der Waals surface area contributed by atoms with Crippen LogP contribution in [-0.4, -0.2) is 70.7 Å². The van der Waals surface area contributed by atoms with Crippen LogP contribution in [0.3, 0.4) is 0 Å². The Morgan fingerprint density at radius 3 is 2.39 bits per heavy atom. The molecule has 0 unspecified atom stereocenters. The van der Waals surface area contributed by atoms with Crippen LogP contribution in [0.5, 0.6) is 0 Å². The number of benzene rings is 2. The molecular formula is C22H23N5O4. The van der Waals surface area contributed by atoms with Gasteiger partial charge >= 0.3 is 6.09 Å². The molecular weight excluding hydrogens is 398 g/mol. The SMILES string of the molecule is CCOC(=O)N1CCN(C(=O)c2ccc(NC(=O)c3n[nH]c4ccccc34)cc2)CC1. The van der Waals surface area contributed by atoms with E-state index < -0.39 is 0 Å². The first-order valence-corrected chi connectivity index (χ1v) is 10.1. The quantitative estimate of drug-likeness (QED) is 0.674. The molecule has 0 bridgehead atoms. The summed E-state index contributed by atoms with van der Waals surface area (Å²) in [6.45, 7) is 3.87. The predicted molar refractivity (Wildman–Crippen MR) is 115 cm³/mol.